The molecule has 0 bridgehead atoms. The van der Waals surface area contributed by atoms with Crippen LogP contribution in [0.5, 0.6) is 11.5 Å². The van der Waals surface area contributed by atoms with Crippen molar-refractivity contribution in [1.29, 1.82) is 0 Å². The predicted octanol–water partition coefficient (Wildman–Crippen LogP) is 3.58. The Morgan fingerprint density at radius 3 is 2.60 bits per heavy atom. The highest BCUT2D eigenvalue weighted by molar-refractivity contribution is 7.89. The summed E-state index contributed by atoms with van der Waals surface area (Å²) in [5.74, 6) is 1.38. The minimum atomic E-state index is -3.66. The van der Waals surface area contributed by atoms with Gasteiger partial charge in [0.2, 0.25) is 10.0 Å². The number of aryl methyl sites for hydroxylation is 1. The van der Waals surface area contributed by atoms with Crippen LogP contribution in [-0.4, -0.2) is 21.1 Å². The molecule has 0 saturated heterocycles. The SMILES string of the molecule is COc1ccc(S(=O)(=O)N[C@@H]2CC(C)(C)Oc3ccccc32)cc1C. The number of benzene rings is 2. The van der Waals surface area contributed by atoms with Gasteiger partial charge in [-0.05, 0) is 50.6 Å². The monoisotopic (exact) mass is 361 g/mol. The molecule has 0 spiro atoms. The molecule has 0 amide bonds. The highest BCUT2D eigenvalue weighted by Gasteiger charge is 2.35. The van der Waals surface area contributed by atoms with Crippen molar-refractivity contribution in [1.82, 2.24) is 4.72 Å². The van der Waals surface area contributed by atoms with Crippen molar-refractivity contribution in [2.45, 2.75) is 43.7 Å². The number of para-hydroxylation sites is 1. The predicted molar refractivity (Wildman–Crippen MR) is 96.6 cm³/mol. The lowest BCUT2D eigenvalue weighted by atomic mass is 9.90. The molecule has 1 aliphatic heterocycles. The summed E-state index contributed by atoms with van der Waals surface area (Å²) < 4.78 is 39.8. The first-order chi connectivity index (χ1) is 11.7. The summed E-state index contributed by atoms with van der Waals surface area (Å²) in [6.45, 7) is 5.74. The quantitative estimate of drug-likeness (QED) is 0.904. The molecule has 0 unspecified atom stereocenters. The molecule has 0 radical (unpaired) electrons. The average Bonchev–Trinajstić information content (AvgIpc) is 2.53. The summed E-state index contributed by atoms with van der Waals surface area (Å²) in [5, 5.41) is 0. The fourth-order valence-corrected chi connectivity index (χ4v) is 4.48. The lowest BCUT2D eigenvalue weighted by molar-refractivity contribution is 0.0702. The van der Waals surface area contributed by atoms with Crippen LogP contribution in [0.2, 0.25) is 0 Å². The Labute approximate surface area is 149 Å². The zero-order chi connectivity index (χ0) is 18.2. The lowest BCUT2D eigenvalue weighted by Crippen LogP contribution is -2.41. The first-order valence-electron chi connectivity index (χ1n) is 8.17. The van der Waals surface area contributed by atoms with Gasteiger partial charge < -0.3 is 9.47 Å². The summed E-state index contributed by atoms with van der Waals surface area (Å²) in [4.78, 5) is 0.229. The van der Waals surface area contributed by atoms with Crippen molar-refractivity contribution >= 4 is 10.0 Å². The van der Waals surface area contributed by atoms with E-state index in [1.165, 1.54) is 0 Å². The Kier molecular flexibility index (Phi) is 4.51. The topological polar surface area (TPSA) is 64.6 Å². The number of methoxy groups -OCH3 is 1. The van der Waals surface area contributed by atoms with Gasteiger partial charge in [0, 0.05) is 12.0 Å². The third kappa shape index (κ3) is 3.65. The first-order valence-corrected chi connectivity index (χ1v) is 9.65. The molecule has 1 N–H and O–H groups in total. The molecule has 1 atom stereocenters. The van der Waals surface area contributed by atoms with E-state index >= 15 is 0 Å². The standard InChI is InChI=1S/C19H23NO4S/c1-13-11-14(9-10-17(13)23-4)25(21,22)20-16-12-19(2,3)24-18-8-6-5-7-15(16)18/h5-11,16,20H,12H2,1-4H3/t16-/m1/s1. The van der Waals surface area contributed by atoms with E-state index in [1.54, 1.807) is 25.3 Å². The van der Waals surface area contributed by atoms with Crippen LogP contribution < -0.4 is 14.2 Å². The zero-order valence-corrected chi connectivity index (χ0v) is 15.7. The maximum Gasteiger partial charge on any atom is 0.241 e. The second-order valence-electron chi connectivity index (χ2n) is 6.91. The molecular formula is C19H23NO4S. The Bertz CT molecular complexity index is 890. The van der Waals surface area contributed by atoms with Gasteiger partial charge in [0.25, 0.3) is 0 Å². The summed E-state index contributed by atoms with van der Waals surface area (Å²) in [5.41, 5.74) is 1.19. The maximum atomic E-state index is 12.9. The van der Waals surface area contributed by atoms with Crippen LogP contribution >= 0.6 is 0 Å². The highest BCUT2D eigenvalue weighted by Crippen LogP contribution is 2.40. The van der Waals surface area contributed by atoms with Gasteiger partial charge in [-0.1, -0.05) is 18.2 Å². The fourth-order valence-electron chi connectivity index (χ4n) is 3.18. The van der Waals surface area contributed by atoms with Crippen molar-refractivity contribution in [3.8, 4) is 11.5 Å². The molecule has 0 fully saturated rings. The van der Waals surface area contributed by atoms with Crippen LogP contribution in [-0.2, 0) is 10.0 Å². The van der Waals surface area contributed by atoms with Gasteiger partial charge in [-0.2, -0.15) is 0 Å². The summed E-state index contributed by atoms with van der Waals surface area (Å²) in [7, 11) is -2.10. The molecule has 0 aromatic heterocycles. The van der Waals surface area contributed by atoms with Gasteiger partial charge in [-0.25, -0.2) is 13.1 Å². The van der Waals surface area contributed by atoms with Gasteiger partial charge in [0.05, 0.1) is 18.0 Å². The van der Waals surface area contributed by atoms with Crippen LogP contribution in [0.25, 0.3) is 0 Å². The van der Waals surface area contributed by atoms with E-state index in [4.69, 9.17) is 9.47 Å². The molecule has 0 aliphatic carbocycles. The number of hydrogen-bond donors (Lipinski definition) is 1. The normalized spacial score (nSPS) is 19.0. The lowest BCUT2D eigenvalue weighted by Gasteiger charge is -2.37. The van der Waals surface area contributed by atoms with Crippen LogP contribution in [0.15, 0.2) is 47.4 Å². The van der Waals surface area contributed by atoms with Crippen molar-refractivity contribution in [2.75, 3.05) is 7.11 Å². The van der Waals surface area contributed by atoms with Crippen molar-refractivity contribution in [2.24, 2.45) is 0 Å². The molecule has 1 heterocycles. The second kappa shape index (κ2) is 6.35. The number of rotatable bonds is 4. The minimum Gasteiger partial charge on any atom is -0.496 e. The molecule has 25 heavy (non-hydrogen) atoms. The van der Waals surface area contributed by atoms with E-state index in [0.29, 0.717) is 12.2 Å². The minimum absolute atomic E-state index is 0.229. The number of fused-ring (bicyclic) bond motifs is 1. The van der Waals surface area contributed by atoms with Gasteiger partial charge in [-0.3, -0.25) is 0 Å². The molecule has 2 aromatic rings. The van der Waals surface area contributed by atoms with E-state index in [-0.39, 0.29) is 10.9 Å². The molecule has 0 saturated carbocycles. The molecule has 3 rings (SSSR count). The third-order valence-electron chi connectivity index (χ3n) is 4.35. The number of ether oxygens (including phenoxy) is 2. The second-order valence-corrected chi connectivity index (χ2v) is 8.62. The Morgan fingerprint density at radius 2 is 1.92 bits per heavy atom. The van der Waals surface area contributed by atoms with E-state index in [1.807, 2.05) is 45.0 Å². The summed E-state index contributed by atoms with van der Waals surface area (Å²) in [6, 6.07) is 12.1. The Morgan fingerprint density at radius 1 is 1.20 bits per heavy atom. The van der Waals surface area contributed by atoms with Crippen LogP contribution in [0.4, 0.5) is 0 Å². The van der Waals surface area contributed by atoms with E-state index < -0.39 is 15.6 Å². The first kappa shape index (κ1) is 17.8. The molecule has 2 aromatic carbocycles. The van der Waals surface area contributed by atoms with Crippen molar-refractivity contribution in [3.05, 3.63) is 53.6 Å². The summed E-state index contributed by atoms with van der Waals surface area (Å²) >= 11 is 0. The average molecular weight is 361 g/mol. The van der Waals surface area contributed by atoms with Crippen LogP contribution in [0.3, 0.4) is 0 Å². The molecule has 1 aliphatic rings. The molecular weight excluding hydrogens is 338 g/mol. The largest absolute Gasteiger partial charge is 0.496 e. The molecule has 6 heteroatoms. The smallest absolute Gasteiger partial charge is 0.241 e. The third-order valence-corrected chi connectivity index (χ3v) is 5.82. The maximum absolute atomic E-state index is 12.9. The van der Waals surface area contributed by atoms with Gasteiger partial charge in [-0.15, -0.1) is 0 Å². The number of nitrogens with one attached hydrogen (secondary N) is 1. The number of hydrogen-bond acceptors (Lipinski definition) is 4. The summed E-state index contributed by atoms with van der Waals surface area (Å²) in [6.07, 6.45) is 0.554. The van der Waals surface area contributed by atoms with E-state index in [0.717, 1.165) is 16.9 Å². The zero-order valence-electron chi connectivity index (χ0n) is 14.9. The van der Waals surface area contributed by atoms with Crippen LogP contribution in [0.1, 0.15) is 37.4 Å². The molecule has 134 valence electrons. The van der Waals surface area contributed by atoms with E-state index in [9.17, 15) is 8.42 Å². The van der Waals surface area contributed by atoms with Gasteiger partial charge in [0.1, 0.15) is 17.1 Å². The highest BCUT2D eigenvalue weighted by atomic mass is 32.2. The van der Waals surface area contributed by atoms with Gasteiger partial charge in [0.15, 0.2) is 0 Å². The Balaban J connectivity index is 1.94. The van der Waals surface area contributed by atoms with Crippen molar-refractivity contribution in [3.63, 3.8) is 0 Å². The number of sulfonamides is 1. The van der Waals surface area contributed by atoms with Crippen LogP contribution in [0, 0.1) is 6.92 Å². The van der Waals surface area contributed by atoms with Gasteiger partial charge >= 0.3 is 0 Å². The Hall–Kier alpha value is -2.05. The fraction of sp³-hybridized carbons (Fsp3) is 0.368. The van der Waals surface area contributed by atoms with E-state index in [2.05, 4.69) is 4.72 Å². The molecule has 5 nitrogen and oxygen atoms in total. The van der Waals surface area contributed by atoms with Crippen molar-refractivity contribution < 1.29 is 17.9 Å².